The Balaban J connectivity index is 2.35. The number of aryl methyl sites for hydroxylation is 1. The molecule has 1 aromatic heterocycles. The lowest BCUT2D eigenvalue weighted by Crippen LogP contribution is -1.84. The molecule has 60 valence electrons. The van der Waals surface area contributed by atoms with Crippen molar-refractivity contribution in [2.75, 3.05) is 0 Å². The van der Waals surface area contributed by atoms with Crippen molar-refractivity contribution in [1.82, 2.24) is 4.57 Å². The highest BCUT2D eigenvalue weighted by Gasteiger charge is 2.13. The largest absolute Gasteiger partial charge is 0.344 e. The van der Waals surface area contributed by atoms with Crippen LogP contribution in [0.5, 0.6) is 0 Å². The summed E-state index contributed by atoms with van der Waals surface area (Å²) in [4.78, 5) is 1.39. The maximum absolute atomic E-state index is 2.17. The Morgan fingerprint density at radius 3 is 2.91 bits per heavy atom. The molecule has 0 aliphatic carbocycles. The molecular formula is C5H5NS5. The molecule has 11 heavy (non-hydrogen) atoms. The van der Waals surface area contributed by atoms with E-state index < -0.39 is 0 Å². The molecule has 0 amide bonds. The molecule has 6 heteroatoms. The highest BCUT2D eigenvalue weighted by atomic mass is 33.8. The minimum absolute atomic E-state index is 1.37. The summed E-state index contributed by atoms with van der Waals surface area (Å²) in [5.41, 5.74) is 0. The first-order valence-corrected chi connectivity index (χ1v) is 9.03. The zero-order valence-electron chi connectivity index (χ0n) is 5.64. The van der Waals surface area contributed by atoms with Crippen LogP contribution in [0.3, 0.4) is 0 Å². The average molecular weight is 239 g/mol. The Hall–Kier alpha value is 1.03. The number of hydrogen-bond donors (Lipinski definition) is 0. The second kappa shape index (κ2) is 3.83. The van der Waals surface area contributed by atoms with Gasteiger partial charge < -0.3 is 4.57 Å². The minimum atomic E-state index is 1.37. The number of rotatable bonds is 0. The van der Waals surface area contributed by atoms with E-state index in [9.17, 15) is 0 Å². The molecule has 0 saturated heterocycles. The Kier molecular flexibility index (Phi) is 3.00. The zero-order chi connectivity index (χ0) is 7.68. The van der Waals surface area contributed by atoms with Crippen LogP contribution in [0, 0.1) is 0 Å². The fraction of sp³-hybridized carbons (Fsp3) is 0.200. The van der Waals surface area contributed by atoms with Crippen LogP contribution in [-0.2, 0) is 7.05 Å². The maximum atomic E-state index is 2.17. The average Bonchev–Trinajstić information content (AvgIpc) is 2.25. The molecule has 1 aliphatic rings. The molecule has 0 saturated carbocycles. The molecule has 2 rings (SSSR count). The SMILES string of the molecule is Cn1ccc2c1SSSSS2. The van der Waals surface area contributed by atoms with Gasteiger partial charge in [0.25, 0.3) is 0 Å². The molecule has 0 spiro atoms. The second-order valence-electron chi connectivity index (χ2n) is 1.97. The lowest BCUT2D eigenvalue weighted by atomic mass is 10.7. The summed E-state index contributed by atoms with van der Waals surface area (Å²) >= 11 is 0. The van der Waals surface area contributed by atoms with E-state index in [4.69, 9.17) is 0 Å². The van der Waals surface area contributed by atoms with E-state index >= 15 is 0 Å². The van der Waals surface area contributed by atoms with Crippen molar-refractivity contribution >= 4 is 51.1 Å². The first kappa shape index (κ1) is 8.62. The van der Waals surface area contributed by atoms with E-state index in [1.807, 2.05) is 51.1 Å². The minimum Gasteiger partial charge on any atom is -0.344 e. The van der Waals surface area contributed by atoms with Crippen LogP contribution in [0.15, 0.2) is 22.2 Å². The third kappa shape index (κ3) is 1.85. The van der Waals surface area contributed by atoms with Gasteiger partial charge in [-0.05, 0) is 57.1 Å². The Morgan fingerprint density at radius 2 is 2.00 bits per heavy atom. The van der Waals surface area contributed by atoms with E-state index in [1.165, 1.54) is 9.92 Å². The van der Waals surface area contributed by atoms with Crippen molar-refractivity contribution in [2.45, 2.75) is 9.92 Å². The van der Waals surface area contributed by atoms with Crippen molar-refractivity contribution < 1.29 is 0 Å². The lowest BCUT2D eigenvalue weighted by Gasteiger charge is -1.98. The highest BCUT2D eigenvalue weighted by molar-refractivity contribution is 9.36. The monoisotopic (exact) mass is 239 g/mol. The van der Waals surface area contributed by atoms with Crippen LogP contribution in [0.4, 0.5) is 0 Å². The molecule has 0 N–H and O–H groups in total. The van der Waals surface area contributed by atoms with Gasteiger partial charge in [-0.1, -0.05) is 0 Å². The van der Waals surface area contributed by atoms with Crippen molar-refractivity contribution in [1.29, 1.82) is 0 Å². The molecule has 0 unspecified atom stereocenters. The molecular weight excluding hydrogens is 234 g/mol. The van der Waals surface area contributed by atoms with Crippen molar-refractivity contribution in [3.8, 4) is 0 Å². The molecule has 1 nitrogen and oxygen atoms in total. The summed E-state index contributed by atoms with van der Waals surface area (Å²) in [5, 5.41) is 1.37. The topological polar surface area (TPSA) is 4.93 Å². The van der Waals surface area contributed by atoms with Gasteiger partial charge in [0, 0.05) is 13.2 Å². The van der Waals surface area contributed by atoms with Crippen molar-refractivity contribution in [3.63, 3.8) is 0 Å². The fourth-order valence-electron chi connectivity index (χ4n) is 0.764. The predicted octanol–water partition coefficient (Wildman–Crippen LogP) is 4.08. The first-order valence-electron chi connectivity index (χ1n) is 2.88. The van der Waals surface area contributed by atoms with E-state index in [0.717, 1.165) is 0 Å². The van der Waals surface area contributed by atoms with Crippen LogP contribution in [0.1, 0.15) is 0 Å². The summed E-state index contributed by atoms with van der Waals surface area (Å²) in [6.45, 7) is 0. The Labute approximate surface area is 84.4 Å². The van der Waals surface area contributed by atoms with Gasteiger partial charge in [0.15, 0.2) is 0 Å². The summed E-state index contributed by atoms with van der Waals surface area (Å²) in [6, 6.07) is 2.17. The molecule has 0 bridgehead atoms. The van der Waals surface area contributed by atoms with Gasteiger partial charge in [-0.2, -0.15) is 0 Å². The van der Waals surface area contributed by atoms with E-state index in [0.29, 0.717) is 0 Å². The quantitative estimate of drug-likeness (QED) is 0.627. The number of aromatic nitrogens is 1. The molecule has 0 fully saturated rings. The van der Waals surface area contributed by atoms with Crippen LogP contribution in [0.2, 0.25) is 0 Å². The zero-order valence-corrected chi connectivity index (χ0v) is 9.73. The smallest absolute Gasteiger partial charge is 0.101 e. The standard InChI is InChI=1S/C5H5NS5/c1-6-3-2-4-5(6)8-10-11-9-7-4/h2-3H,1H3. The molecule has 1 aromatic rings. The summed E-state index contributed by atoms with van der Waals surface area (Å²) in [7, 11) is 11.3. The molecule has 2 heterocycles. The third-order valence-electron chi connectivity index (χ3n) is 1.27. The first-order chi connectivity index (χ1) is 5.38. The lowest BCUT2D eigenvalue weighted by molar-refractivity contribution is 0.811. The Morgan fingerprint density at radius 1 is 1.18 bits per heavy atom. The van der Waals surface area contributed by atoms with Crippen molar-refractivity contribution in [2.24, 2.45) is 7.05 Å². The van der Waals surface area contributed by atoms with Gasteiger partial charge in [-0.3, -0.25) is 0 Å². The normalized spacial score (nSPS) is 17.5. The summed E-state index contributed by atoms with van der Waals surface area (Å²) in [5.74, 6) is 0. The predicted molar refractivity (Wildman–Crippen MR) is 59.9 cm³/mol. The van der Waals surface area contributed by atoms with Crippen LogP contribution in [0.25, 0.3) is 0 Å². The van der Waals surface area contributed by atoms with Gasteiger partial charge >= 0.3 is 0 Å². The molecule has 0 aromatic carbocycles. The molecule has 0 atom stereocenters. The van der Waals surface area contributed by atoms with Crippen LogP contribution < -0.4 is 0 Å². The van der Waals surface area contributed by atoms with E-state index in [1.54, 1.807) is 0 Å². The fourth-order valence-corrected chi connectivity index (χ4v) is 9.77. The maximum Gasteiger partial charge on any atom is 0.101 e. The van der Waals surface area contributed by atoms with Crippen molar-refractivity contribution in [3.05, 3.63) is 12.3 Å². The highest BCUT2D eigenvalue weighted by Crippen LogP contribution is 2.59. The van der Waals surface area contributed by atoms with Gasteiger partial charge in [-0.15, -0.1) is 0 Å². The van der Waals surface area contributed by atoms with E-state index in [2.05, 4.69) is 23.9 Å². The van der Waals surface area contributed by atoms with Crippen LogP contribution >= 0.6 is 51.1 Å². The van der Waals surface area contributed by atoms with E-state index in [-0.39, 0.29) is 0 Å². The van der Waals surface area contributed by atoms with Gasteiger partial charge in [0.05, 0.1) is 4.90 Å². The van der Waals surface area contributed by atoms with Gasteiger partial charge in [0.2, 0.25) is 0 Å². The molecule has 0 radical (unpaired) electrons. The third-order valence-corrected chi connectivity index (χ3v) is 9.80. The van der Waals surface area contributed by atoms with Gasteiger partial charge in [0.1, 0.15) is 5.03 Å². The van der Waals surface area contributed by atoms with Gasteiger partial charge in [-0.25, -0.2) is 0 Å². The number of hydrogen-bond acceptors (Lipinski definition) is 5. The summed E-state index contributed by atoms with van der Waals surface area (Å²) < 4.78 is 2.17. The summed E-state index contributed by atoms with van der Waals surface area (Å²) in [6.07, 6.45) is 2.11. The number of nitrogens with zero attached hydrogens (tertiary/aromatic N) is 1. The second-order valence-corrected chi connectivity index (χ2v) is 9.43. The molecule has 1 aliphatic heterocycles. The van der Waals surface area contributed by atoms with Crippen LogP contribution in [-0.4, -0.2) is 4.57 Å². The number of fused-ring (bicyclic) bond motifs is 1. The Bertz CT molecular complexity index is 257.